The zero-order valence-electron chi connectivity index (χ0n) is 12.1. The van der Waals surface area contributed by atoms with Crippen molar-refractivity contribution in [3.8, 4) is 0 Å². The number of fused-ring (bicyclic) bond motifs is 1. The van der Waals surface area contributed by atoms with Gasteiger partial charge in [0.05, 0.1) is 6.42 Å². The molecule has 3 rings (SSSR count). The maximum absolute atomic E-state index is 12.4. The molecule has 1 aliphatic rings. The summed E-state index contributed by atoms with van der Waals surface area (Å²) < 4.78 is 0. The summed E-state index contributed by atoms with van der Waals surface area (Å²) in [4.78, 5) is 21.8. The fourth-order valence-electron chi connectivity index (χ4n) is 2.87. The smallest absolute Gasteiger partial charge is 0.227 e. The molecule has 1 fully saturated rings. The number of carbonyl (C=O) groups is 1. The number of nitrogens with zero attached hydrogens (tertiary/aromatic N) is 2. The van der Waals surface area contributed by atoms with Gasteiger partial charge in [-0.3, -0.25) is 4.79 Å². The molecule has 1 atom stereocenters. The van der Waals surface area contributed by atoms with Gasteiger partial charge in [0.15, 0.2) is 0 Å². The first kappa shape index (κ1) is 15.8. The van der Waals surface area contributed by atoms with Gasteiger partial charge in [-0.05, 0) is 37.6 Å². The lowest BCUT2D eigenvalue weighted by Crippen LogP contribution is -2.47. The van der Waals surface area contributed by atoms with E-state index in [2.05, 4.69) is 15.3 Å². The number of likely N-dealkylation sites (tertiary alicyclic amines) is 1. The molecule has 1 amide bonds. The Hall–Kier alpha value is -1.59. The van der Waals surface area contributed by atoms with Gasteiger partial charge in [-0.15, -0.1) is 12.4 Å². The first-order valence-corrected chi connectivity index (χ1v) is 7.14. The van der Waals surface area contributed by atoms with E-state index in [0.717, 1.165) is 42.5 Å². The van der Waals surface area contributed by atoms with E-state index in [0.29, 0.717) is 12.5 Å². The van der Waals surface area contributed by atoms with Crippen molar-refractivity contribution >= 4 is 29.3 Å². The lowest BCUT2D eigenvalue weighted by atomic mass is 10.0. The van der Waals surface area contributed by atoms with Crippen LogP contribution in [-0.4, -0.2) is 47.0 Å². The van der Waals surface area contributed by atoms with Crippen LogP contribution in [0.5, 0.6) is 0 Å². The SMILES string of the molecule is CNC1CCCN(C(=O)Cc2c[nH]c3ncccc23)C1.Cl. The monoisotopic (exact) mass is 308 g/mol. The molecule has 0 radical (unpaired) electrons. The number of aromatic amines is 1. The van der Waals surface area contributed by atoms with Gasteiger partial charge in [0, 0.05) is 36.9 Å². The molecule has 0 spiro atoms. The van der Waals surface area contributed by atoms with Crippen molar-refractivity contribution in [3.05, 3.63) is 30.1 Å². The van der Waals surface area contributed by atoms with Gasteiger partial charge < -0.3 is 15.2 Å². The topological polar surface area (TPSA) is 61.0 Å². The van der Waals surface area contributed by atoms with Gasteiger partial charge in [0.1, 0.15) is 5.65 Å². The third-order valence-corrected chi connectivity index (χ3v) is 4.06. The van der Waals surface area contributed by atoms with Crippen molar-refractivity contribution in [3.63, 3.8) is 0 Å². The van der Waals surface area contributed by atoms with Crippen LogP contribution in [0.25, 0.3) is 11.0 Å². The number of amides is 1. The average molecular weight is 309 g/mol. The molecule has 1 aliphatic heterocycles. The van der Waals surface area contributed by atoms with E-state index in [1.807, 2.05) is 30.3 Å². The van der Waals surface area contributed by atoms with Crippen molar-refractivity contribution in [2.24, 2.45) is 0 Å². The number of nitrogens with one attached hydrogen (secondary N) is 2. The summed E-state index contributed by atoms with van der Waals surface area (Å²) in [6.07, 6.45) is 6.33. The standard InChI is InChI=1S/C15H20N4O.ClH/c1-16-12-4-3-7-19(10-12)14(20)8-11-9-18-15-13(11)5-2-6-17-15;/h2,5-6,9,12,16H,3-4,7-8,10H2,1H3,(H,17,18);1H. The predicted molar refractivity (Wildman–Crippen MR) is 85.7 cm³/mol. The number of piperidine rings is 1. The lowest BCUT2D eigenvalue weighted by Gasteiger charge is -2.32. The Labute approximate surface area is 130 Å². The zero-order chi connectivity index (χ0) is 13.9. The van der Waals surface area contributed by atoms with E-state index < -0.39 is 0 Å². The Morgan fingerprint density at radius 2 is 2.43 bits per heavy atom. The third kappa shape index (κ3) is 3.36. The molecule has 114 valence electrons. The molecule has 0 bridgehead atoms. The Kier molecular flexibility index (Phi) is 5.20. The molecule has 1 unspecified atom stereocenters. The van der Waals surface area contributed by atoms with Crippen LogP contribution in [0.15, 0.2) is 24.5 Å². The number of carbonyl (C=O) groups excluding carboxylic acids is 1. The van der Waals surface area contributed by atoms with Crippen LogP contribution in [0.1, 0.15) is 18.4 Å². The van der Waals surface area contributed by atoms with E-state index >= 15 is 0 Å². The molecule has 2 N–H and O–H groups in total. The maximum Gasteiger partial charge on any atom is 0.227 e. The summed E-state index contributed by atoms with van der Waals surface area (Å²) in [7, 11) is 1.96. The second-order valence-corrected chi connectivity index (χ2v) is 5.36. The summed E-state index contributed by atoms with van der Waals surface area (Å²) >= 11 is 0. The van der Waals surface area contributed by atoms with E-state index in [1.165, 1.54) is 0 Å². The highest BCUT2D eigenvalue weighted by molar-refractivity contribution is 5.87. The molecule has 3 heterocycles. The zero-order valence-corrected chi connectivity index (χ0v) is 12.9. The molecule has 0 saturated carbocycles. The second-order valence-electron chi connectivity index (χ2n) is 5.36. The van der Waals surface area contributed by atoms with Crippen LogP contribution in [0.3, 0.4) is 0 Å². The fourth-order valence-corrected chi connectivity index (χ4v) is 2.87. The summed E-state index contributed by atoms with van der Waals surface area (Å²) in [5, 5.41) is 4.31. The van der Waals surface area contributed by atoms with E-state index in [1.54, 1.807) is 6.20 Å². The van der Waals surface area contributed by atoms with Gasteiger partial charge in [-0.2, -0.15) is 0 Å². The van der Waals surface area contributed by atoms with Gasteiger partial charge >= 0.3 is 0 Å². The fraction of sp³-hybridized carbons (Fsp3) is 0.467. The molecule has 21 heavy (non-hydrogen) atoms. The van der Waals surface area contributed by atoms with Crippen molar-refractivity contribution in [1.29, 1.82) is 0 Å². The molecular formula is C15H21ClN4O. The normalized spacial score (nSPS) is 18.5. The summed E-state index contributed by atoms with van der Waals surface area (Å²) in [6.45, 7) is 1.69. The highest BCUT2D eigenvalue weighted by atomic mass is 35.5. The number of rotatable bonds is 3. The molecule has 5 nitrogen and oxygen atoms in total. The minimum absolute atomic E-state index is 0. The van der Waals surface area contributed by atoms with Gasteiger partial charge in [-0.1, -0.05) is 0 Å². The highest BCUT2D eigenvalue weighted by Gasteiger charge is 2.23. The summed E-state index contributed by atoms with van der Waals surface area (Å²) in [5.74, 6) is 0.203. The minimum atomic E-state index is 0. The Balaban J connectivity index is 0.00000161. The van der Waals surface area contributed by atoms with Crippen LogP contribution in [-0.2, 0) is 11.2 Å². The summed E-state index contributed by atoms with van der Waals surface area (Å²) in [6, 6.07) is 4.34. The third-order valence-electron chi connectivity index (χ3n) is 4.06. The van der Waals surface area contributed by atoms with Crippen LogP contribution in [0.2, 0.25) is 0 Å². The van der Waals surface area contributed by atoms with E-state index in [-0.39, 0.29) is 18.3 Å². The number of hydrogen-bond acceptors (Lipinski definition) is 3. The molecule has 6 heteroatoms. The lowest BCUT2D eigenvalue weighted by molar-refractivity contribution is -0.131. The van der Waals surface area contributed by atoms with Crippen molar-refractivity contribution in [2.75, 3.05) is 20.1 Å². The van der Waals surface area contributed by atoms with E-state index in [4.69, 9.17) is 0 Å². The Morgan fingerprint density at radius 1 is 1.57 bits per heavy atom. The average Bonchev–Trinajstić information content (AvgIpc) is 2.90. The number of H-pyrrole nitrogens is 1. The quantitative estimate of drug-likeness (QED) is 0.908. The molecule has 1 saturated heterocycles. The van der Waals surface area contributed by atoms with Gasteiger partial charge in [-0.25, -0.2) is 4.98 Å². The molecule has 2 aromatic rings. The molecule has 2 aromatic heterocycles. The molecular weight excluding hydrogens is 288 g/mol. The number of pyridine rings is 1. The Bertz CT molecular complexity index is 612. The number of hydrogen-bond donors (Lipinski definition) is 2. The highest BCUT2D eigenvalue weighted by Crippen LogP contribution is 2.18. The first-order chi connectivity index (χ1) is 9.78. The van der Waals surface area contributed by atoms with Crippen molar-refractivity contribution in [2.45, 2.75) is 25.3 Å². The van der Waals surface area contributed by atoms with Crippen LogP contribution >= 0.6 is 12.4 Å². The Morgan fingerprint density at radius 3 is 3.24 bits per heavy atom. The van der Waals surface area contributed by atoms with Crippen LogP contribution < -0.4 is 5.32 Å². The summed E-state index contributed by atoms with van der Waals surface area (Å²) in [5.41, 5.74) is 1.88. The van der Waals surface area contributed by atoms with Gasteiger partial charge in [0.25, 0.3) is 0 Å². The molecule has 0 aliphatic carbocycles. The minimum Gasteiger partial charge on any atom is -0.346 e. The largest absolute Gasteiger partial charge is 0.346 e. The predicted octanol–water partition coefficient (Wildman–Crippen LogP) is 1.74. The van der Waals surface area contributed by atoms with Gasteiger partial charge in [0.2, 0.25) is 5.91 Å². The maximum atomic E-state index is 12.4. The van der Waals surface area contributed by atoms with Crippen molar-refractivity contribution < 1.29 is 4.79 Å². The first-order valence-electron chi connectivity index (χ1n) is 7.14. The van der Waals surface area contributed by atoms with Crippen LogP contribution in [0, 0.1) is 0 Å². The van der Waals surface area contributed by atoms with Crippen LogP contribution in [0.4, 0.5) is 0 Å². The number of likely N-dealkylation sites (N-methyl/N-ethyl adjacent to an activating group) is 1. The number of aromatic nitrogens is 2. The van der Waals surface area contributed by atoms with Crippen molar-refractivity contribution in [1.82, 2.24) is 20.2 Å². The van der Waals surface area contributed by atoms with E-state index in [9.17, 15) is 4.79 Å². The number of halogens is 1. The molecule has 0 aromatic carbocycles. The second kappa shape index (κ2) is 6.91.